The van der Waals surface area contributed by atoms with Gasteiger partial charge in [0.2, 0.25) is 11.8 Å². The minimum atomic E-state index is -0.609. The summed E-state index contributed by atoms with van der Waals surface area (Å²) in [6, 6.07) is 6.65. The van der Waals surface area contributed by atoms with E-state index in [-0.39, 0.29) is 30.2 Å². The van der Waals surface area contributed by atoms with Crippen LogP contribution >= 0.6 is 0 Å². The summed E-state index contributed by atoms with van der Waals surface area (Å²) in [4.78, 5) is 24.1. The highest BCUT2D eigenvalue weighted by Crippen LogP contribution is 2.12. The number of hydrogen-bond acceptors (Lipinski definition) is 4. The molecule has 0 saturated carbocycles. The van der Waals surface area contributed by atoms with E-state index in [0.29, 0.717) is 19.6 Å². The quantitative estimate of drug-likeness (QED) is 0.721. The van der Waals surface area contributed by atoms with Crippen molar-refractivity contribution < 1.29 is 14.3 Å². The van der Waals surface area contributed by atoms with Crippen LogP contribution in [0.2, 0.25) is 0 Å². The number of carbonyl (C=O) groups is 2. The van der Waals surface area contributed by atoms with Gasteiger partial charge < -0.3 is 21.1 Å². The van der Waals surface area contributed by atoms with Crippen LogP contribution in [-0.2, 0) is 20.7 Å². The van der Waals surface area contributed by atoms with E-state index in [1.54, 1.807) is 0 Å². The van der Waals surface area contributed by atoms with Crippen molar-refractivity contribution in [3.63, 3.8) is 0 Å². The Balaban J connectivity index is 2.14. The van der Waals surface area contributed by atoms with E-state index in [4.69, 9.17) is 10.5 Å². The highest BCUT2D eigenvalue weighted by molar-refractivity contribution is 5.90. The highest BCUT2D eigenvalue weighted by Gasteiger charge is 2.21. The summed E-state index contributed by atoms with van der Waals surface area (Å²) in [6.07, 6.45) is 0.728. The lowest BCUT2D eigenvalue weighted by Gasteiger charge is -2.24. The number of rotatable bonds is 1. The number of nitrogens with one attached hydrogen (secondary N) is 2. The second-order valence-electron chi connectivity index (χ2n) is 6.24. The lowest BCUT2D eigenvalue weighted by Crippen LogP contribution is -2.49. The van der Waals surface area contributed by atoms with Gasteiger partial charge in [0.25, 0.3) is 0 Å². The van der Waals surface area contributed by atoms with Crippen molar-refractivity contribution in [1.82, 2.24) is 5.32 Å². The van der Waals surface area contributed by atoms with E-state index in [1.807, 2.05) is 38.1 Å². The second-order valence-corrected chi connectivity index (χ2v) is 6.24. The number of carbonyl (C=O) groups excluding carboxylic acids is 2. The Morgan fingerprint density at radius 2 is 1.91 bits per heavy atom. The molecule has 0 fully saturated rings. The lowest BCUT2D eigenvalue weighted by atomic mass is 10.0. The lowest BCUT2D eigenvalue weighted by molar-refractivity contribution is -0.124. The predicted molar refractivity (Wildman–Crippen MR) is 89.0 cm³/mol. The molecule has 6 nitrogen and oxygen atoms in total. The fraction of sp³-hybridized carbons (Fsp3) is 0.529. The van der Waals surface area contributed by atoms with Crippen LogP contribution in [0.3, 0.4) is 0 Å². The smallest absolute Gasteiger partial charge is 0.237 e. The van der Waals surface area contributed by atoms with Crippen molar-refractivity contribution >= 4 is 17.5 Å². The first-order valence-corrected chi connectivity index (χ1v) is 7.98. The molecule has 0 spiro atoms. The van der Waals surface area contributed by atoms with E-state index in [2.05, 4.69) is 10.6 Å². The molecule has 2 atom stereocenters. The Morgan fingerprint density at radius 1 is 1.22 bits per heavy atom. The third-order valence-corrected chi connectivity index (χ3v) is 3.93. The van der Waals surface area contributed by atoms with Crippen LogP contribution in [0.1, 0.15) is 25.8 Å². The molecule has 2 aliphatic heterocycles. The van der Waals surface area contributed by atoms with Crippen molar-refractivity contribution in [2.24, 2.45) is 11.7 Å². The van der Waals surface area contributed by atoms with Crippen LogP contribution in [-0.4, -0.2) is 37.1 Å². The fourth-order valence-corrected chi connectivity index (χ4v) is 2.36. The second kappa shape index (κ2) is 8.08. The van der Waals surface area contributed by atoms with Gasteiger partial charge in [-0.15, -0.1) is 0 Å². The van der Waals surface area contributed by atoms with Crippen LogP contribution in [0.15, 0.2) is 24.3 Å². The van der Waals surface area contributed by atoms with Gasteiger partial charge in [-0.2, -0.15) is 0 Å². The van der Waals surface area contributed by atoms with Crippen molar-refractivity contribution in [3.8, 4) is 0 Å². The van der Waals surface area contributed by atoms with E-state index >= 15 is 0 Å². The molecule has 1 aromatic rings. The zero-order chi connectivity index (χ0) is 16.8. The molecule has 0 radical (unpaired) electrons. The third kappa shape index (κ3) is 5.33. The number of anilines is 1. The van der Waals surface area contributed by atoms with Crippen LogP contribution < -0.4 is 16.4 Å². The Bertz CT molecular complexity index is 543. The molecule has 2 bridgehead atoms. The van der Waals surface area contributed by atoms with E-state index in [9.17, 15) is 9.59 Å². The maximum Gasteiger partial charge on any atom is 0.237 e. The first kappa shape index (κ1) is 17.4. The highest BCUT2D eigenvalue weighted by atomic mass is 16.5. The molecule has 2 amide bonds. The molecule has 3 rings (SSSR count). The van der Waals surface area contributed by atoms with Gasteiger partial charge in [0.1, 0.15) is 0 Å². The monoisotopic (exact) mass is 319 g/mol. The van der Waals surface area contributed by atoms with Crippen LogP contribution in [0, 0.1) is 5.92 Å². The molecule has 1 aromatic carbocycles. The van der Waals surface area contributed by atoms with Gasteiger partial charge in [-0.1, -0.05) is 26.0 Å². The number of benzene rings is 1. The van der Waals surface area contributed by atoms with Crippen molar-refractivity contribution in [1.29, 1.82) is 0 Å². The summed E-state index contributed by atoms with van der Waals surface area (Å²) in [7, 11) is 0. The molecule has 0 aliphatic carbocycles. The molecule has 2 aliphatic rings. The first-order chi connectivity index (χ1) is 11.0. The average Bonchev–Trinajstić information content (AvgIpc) is 2.51. The Morgan fingerprint density at radius 3 is 2.57 bits per heavy atom. The van der Waals surface area contributed by atoms with E-state index < -0.39 is 6.04 Å². The molecule has 0 saturated heterocycles. The van der Waals surface area contributed by atoms with Crippen molar-refractivity contribution in [2.45, 2.75) is 38.8 Å². The van der Waals surface area contributed by atoms with E-state index in [1.165, 1.54) is 0 Å². The van der Waals surface area contributed by atoms with Crippen molar-refractivity contribution in [3.05, 3.63) is 29.8 Å². The number of hydrogen-bond donors (Lipinski definition) is 3. The number of amides is 2. The van der Waals surface area contributed by atoms with Crippen LogP contribution in [0.5, 0.6) is 0 Å². The average molecular weight is 319 g/mol. The molecule has 0 unspecified atom stereocenters. The SMILES string of the molecule is CC(C)[C@H]1COCCC(=O)Nc2ccc(cc2)C[C@@H](N)C(=O)N1. The first-order valence-electron chi connectivity index (χ1n) is 7.98. The standard InChI is InChI=1S/C17H25N3O3/c1-11(2)15-10-23-8-7-16(21)19-13-5-3-12(4-6-13)9-14(18)17(22)20-15/h3-6,11,14-15H,7-10,18H2,1-2H3,(H,19,21)(H,20,22)/t14-,15-/m1/s1. The topological polar surface area (TPSA) is 93.4 Å². The summed E-state index contributed by atoms with van der Waals surface area (Å²) in [5.41, 5.74) is 7.69. The molecule has 126 valence electrons. The molecule has 6 heteroatoms. The van der Waals surface area contributed by atoms with E-state index in [0.717, 1.165) is 11.3 Å². The third-order valence-electron chi connectivity index (χ3n) is 3.93. The Hall–Kier alpha value is -1.92. The number of nitrogens with two attached hydrogens (primary N) is 1. The summed E-state index contributed by atoms with van der Waals surface area (Å²) in [6.45, 7) is 4.71. The maximum absolute atomic E-state index is 12.3. The molecular formula is C17H25N3O3. The Kier molecular flexibility index (Phi) is 6.12. The van der Waals surface area contributed by atoms with Gasteiger partial charge in [0, 0.05) is 5.69 Å². The summed E-state index contributed by atoms with van der Waals surface area (Å²) < 4.78 is 5.55. The van der Waals surface area contributed by atoms with Crippen LogP contribution in [0.25, 0.3) is 0 Å². The van der Waals surface area contributed by atoms with Crippen molar-refractivity contribution in [2.75, 3.05) is 18.5 Å². The van der Waals surface area contributed by atoms with Gasteiger partial charge in [-0.3, -0.25) is 9.59 Å². The molecule has 23 heavy (non-hydrogen) atoms. The van der Waals surface area contributed by atoms with Crippen LogP contribution in [0.4, 0.5) is 5.69 Å². The molecule has 0 aromatic heterocycles. The molecule has 4 N–H and O–H groups in total. The predicted octanol–water partition coefficient (Wildman–Crippen LogP) is 1.06. The van der Waals surface area contributed by atoms with Gasteiger partial charge in [-0.05, 0) is 30.0 Å². The van der Waals surface area contributed by atoms with Gasteiger partial charge in [-0.25, -0.2) is 0 Å². The fourth-order valence-electron chi connectivity index (χ4n) is 2.36. The zero-order valence-electron chi connectivity index (χ0n) is 13.7. The normalized spacial score (nSPS) is 23.8. The summed E-state index contributed by atoms with van der Waals surface area (Å²) in [5, 5.41) is 5.77. The van der Waals surface area contributed by atoms with Gasteiger partial charge in [0.05, 0.1) is 31.7 Å². The number of fused-ring (bicyclic) bond motifs is 12. The maximum atomic E-state index is 12.3. The minimum absolute atomic E-state index is 0.0885. The van der Waals surface area contributed by atoms with Gasteiger partial charge in [0.15, 0.2) is 0 Å². The van der Waals surface area contributed by atoms with Gasteiger partial charge >= 0.3 is 0 Å². The summed E-state index contributed by atoms with van der Waals surface area (Å²) in [5.74, 6) is -0.0515. The minimum Gasteiger partial charge on any atom is -0.379 e. The molecular weight excluding hydrogens is 294 g/mol. The largest absolute Gasteiger partial charge is 0.379 e. The zero-order valence-corrected chi connectivity index (χ0v) is 13.7. The summed E-state index contributed by atoms with van der Waals surface area (Å²) >= 11 is 0. The molecule has 2 heterocycles. The number of ether oxygens (including phenoxy) is 1. The Labute approximate surface area is 136 Å².